The van der Waals surface area contributed by atoms with E-state index in [9.17, 15) is 0 Å². The lowest BCUT2D eigenvalue weighted by Crippen LogP contribution is -2.34. The molecule has 0 atom stereocenters. The van der Waals surface area contributed by atoms with Crippen LogP contribution in [0.4, 0.5) is 0 Å². The van der Waals surface area contributed by atoms with E-state index in [1.807, 2.05) is 0 Å². The smallest absolute Gasteiger partial charge is 0.0468 e. The van der Waals surface area contributed by atoms with Gasteiger partial charge in [0.05, 0.1) is 0 Å². The molecule has 0 bridgehead atoms. The van der Waals surface area contributed by atoms with Crippen molar-refractivity contribution in [2.24, 2.45) is 11.8 Å². The molecule has 0 unspecified atom stereocenters. The molecule has 2 fully saturated rings. The highest BCUT2D eigenvalue weighted by Gasteiger charge is 2.19. The van der Waals surface area contributed by atoms with Crippen molar-refractivity contribution in [3.63, 3.8) is 0 Å². The highest BCUT2D eigenvalue weighted by atomic mass is 16.5. The molecule has 106 valence electrons. The highest BCUT2D eigenvalue weighted by Crippen LogP contribution is 2.23. The van der Waals surface area contributed by atoms with Crippen LogP contribution in [0.5, 0.6) is 0 Å². The third-order valence-electron chi connectivity index (χ3n) is 4.76. The quantitative estimate of drug-likeness (QED) is 0.713. The Hall–Kier alpha value is -0.120. The van der Waals surface area contributed by atoms with Gasteiger partial charge in [-0.05, 0) is 76.9 Å². The summed E-state index contributed by atoms with van der Waals surface area (Å²) in [5, 5.41) is 7.08. The molecule has 0 aromatic heterocycles. The van der Waals surface area contributed by atoms with Crippen molar-refractivity contribution >= 4 is 0 Å². The summed E-state index contributed by atoms with van der Waals surface area (Å²) < 4.78 is 5.40. The van der Waals surface area contributed by atoms with E-state index in [0.717, 1.165) is 31.1 Å². The summed E-state index contributed by atoms with van der Waals surface area (Å²) in [5.74, 6) is 1.83. The second kappa shape index (κ2) is 8.13. The SMILES string of the molecule is CNC1CCC(CNCCC2CCOCC2)CC1. The zero-order valence-corrected chi connectivity index (χ0v) is 11.9. The van der Waals surface area contributed by atoms with E-state index in [4.69, 9.17) is 4.74 Å². The Labute approximate surface area is 112 Å². The summed E-state index contributed by atoms with van der Waals surface area (Å²) in [6.07, 6.45) is 9.41. The summed E-state index contributed by atoms with van der Waals surface area (Å²) in [7, 11) is 2.09. The van der Waals surface area contributed by atoms with Crippen molar-refractivity contribution in [1.29, 1.82) is 0 Å². The zero-order valence-electron chi connectivity index (χ0n) is 11.9. The van der Waals surface area contributed by atoms with Crippen LogP contribution in [0.25, 0.3) is 0 Å². The summed E-state index contributed by atoms with van der Waals surface area (Å²) in [5.41, 5.74) is 0. The maximum absolute atomic E-state index is 5.40. The third kappa shape index (κ3) is 4.87. The van der Waals surface area contributed by atoms with Crippen molar-refractivity contribution < 1.29 is 4.74 Å². The van der Waals surface area contributed by atoms with Gasteiger partial charge in [-0.1, -0.05) is 0 Å². The van der Waals surface area contributed by atoms with Crippen LogP contribution in [0.3, 0.4) is 0 Å². The molecule has 0 radical (unpaired) electrons. The van der Waals surface area contributed by atoms with Crippen LogP contribution in [0.1, 0.15) is 44.9 Å². The van der Waals surface area contributed by atoms with E-state index < -0.39 is 0 Å². The topological polar surface area (TPSA) is 33.3 Å². The highest BCUT2D eigenvalue weighted by molar-refractivity contribution is 4.77. The van der Waals surface area contributed by atoms with Gasteiger partial charge in [-0.2, -0.15) is 0 Å². The fourth-order valence-electron chi connectivity index (χ4n) is 3.30. The summed E-state index contributed by atoms with van der Waals surface area (Å²) in [6, 6.07) is 0.781. The van der Waals surface area contributed by atoms with E-state index in [1.54, 1.807) is 0 Å². The molecule has 2 rings (SSSR count). The fourth-order valence-corrected chi connectivity index (χ4v) is 3.30. The summed E-state index contributed by atoms with van der Waals surface area (Å²) >= 11 is 0. The maximum atomic E-state index is 5.40. The molecular formula is C15H30N2O. The average Bonchev–Trinajstić information content (AvgIpc) is 2.45. The molecule has 0 spiro atoms. The lowest BCUT2D eigenvalue weighted by Gasteiger charge is -2.28. The Morgan fingerprint density at radius 3 is 2.33 bits per heavy atom. The van der Waals surface area contributed by atoms with Crippen LogP contribution in [-0.2, 0) is 4.74 Å². The van der Waals surface area contributed by atoms with Crippen LogP contribution in [0, 0.1) is 11.8 Å². The molecule has 3 nitrogen and oxygen atoms in total. The van der Waals surface area contributed by atoms with Gasteiger partial charge >= 0.3 is 0 Å². The Morgan fingerprint density at radius 1 is 0.944 bits per heavy atom. The molecule has 1 aliphatic carbocycles. The minimum atomic E-state index is 0.781. The Morgan fingerprint density at radius 2 is 1.67 bits per heavy atom. The lowest BCUT2D eigenvalue weighted by atomic mass is 9.86. The van der Waals surface area contributed by atoms with Crippen molar-refractivity contribution in [2.45, 2.75) is 51.0 Å². The third-order valence-corrected chi connectivity index (χ3v) is 4.76. The minimum absolute atomic E-state index is 0.781. The first-order valence-corrected chi connectivity index (χ1v) is 7.84. The van der Waals surface area contributed by atoms with Crippen LogP contribution >= 0.6 is 0 Å². The van der Waals surface area contributed by atoms with E-state index >= 15 is 0 Å². The van der Waals surface area contributed by atoms with E-state index in [1.165, 1.54) is 58.0 Å². The molecule has 3 heteroatoms. The monoisotopic (exact) mass is 254 g/mol. The molecule has 2 N–H and O–H groups in total. The van der Waals surface area contributed by atoms with Crippen molar-refractivity contribution in [3.05, 3.63) is 0 Å². The van der Waals surface area contributed by atoms with Gasteiger partial charge in [0.25, 0.3) is 0 Å². The Kier molecular flexibility index (Phi) is 6.46. The molecule has 2 aliphatic rings. The van der Waals surface area contributed by atoms with Gasteiger partial charge in [-0.3, -0.25) is 0 Å². The predicted octanol–water partition coefficient (Wildman–Crippen LogP) is 2.17. The van der Waals surface area contributed by atoms with Gasteiger partial charge in [0.1, 0.15) is 0 Å². The van der Waals surface area contributed by atoms with Gasteiger partial charge in [-0.15, -0.1) is 0 Å². The van der Waals surface area contributed by atoms with E-state index in [-0.39, 0.29) is 0 Å². The van der Waals surface area contributed by atoms with E-state index in [2.05, 4.69) is 17.7 Å². The standard InChI is InChI=1S/C15H30N2O/c1-16-15-4-2-14(3-5-15)12-17-9-6-13-7-10-18-11-8-13/h13-17H,2-12H2,1H3. The van der Waals surface area contributed by atoms with Gasteiger partial charge in [0, 0.05) is 19.3 Å². The van der Waals surface area contributed by atoms with Gasteiger partial charge in [0.2, 0.25) is 0 Å². The minimum Gasteiger partial charge on any atom is -0.381 e. The fraction of sp³-hybridized carbons (Fsp3) is 1.00. The largest absolute Gasteiger partial charge is 0.381 e. The molecule has 1 aliphatic heterocycles. The lowest BCUT2D eigenvalue weighted by molar-refractivity contribution is 0.0638. The Bertz CT molecular complexity index is 209. The Balaban J connectivity index is 1.48. The zero-order chi connectivity index (χ0) is 12.6. The van der Waals surface area contributed by atoms with Crippen LogP contribution in [0.15, 0.2) is 0 Å². The number of nitrogens with one attached hydrogen (secondary N) is 2. The number of hydrogen-bond acceptors (Lipinski definition) is 3. The first-order valence-electron chi connectivity index (χ1n) is 7.84. The molecule has 0 aromatic carbocycles. The average molecular weight is 254 g/mol. The molecule has 1 saturated carbocycles. The summed E-state index contributed by atoms with van der Waals surface area (Å²) in [6.45, 7) is 4.41. The molecule has 0 amide bonds. The van der Waals surface area contributed by atoms with E-state index in [0.29, 0.717) is 0 Å². The number of ether oxygens (including phenoxy) is 1. The number of hydrogen-bond donors (Lipinski definition) is 2. The van der Waals surface area contributed by atoms with Crippen molar-refractivity contribution in [1.82, 2.24) is 10.6 Å². The molecule has 18 heavy (non-hydrogen) atoms. The van der Waals surface area contributed by atoms with Crippen LogP contribution in [-0.4, -0.2) is 39.4 Å². The molecule has 1 saturated heterocycles. The first kappa shape index (κ1) is 14.3. The maximum Gasteiger partial charge on any atom is 0.0468 e. The molecule has 0 aromatic rings. The van der Waals surface area contributed by atoms with Gasteiger partial charge in [0.15, 0.2) is 0 Å². The predicted molar refractivity (Wildman–Crippen MR) is 75.8 cm³/mol. The first-order chi connectivity index (χ1) is 8.88. The molecular weight excluding hydrogens is 224 g/mol. The normalized spacial score (nSPS) is 30.5. The van der Waals surface area contributed by atoms with Crippen molar-refractivity contribution in [3.8, 4) is 0 Å². The molecule has 1 heterocycles. The second-order valence-electron chi connectivity index (χ2n) is 6.05. The van der Waals surface area contributed by atoms with Crippen molar-refractivity contribution in [2.75, 3.05) is 33.4 Å². The number of rotatable bonds is 6. The van der Waals surface area contributed by atoms with Crippen LogP contribution < -0.4 is 10.6 Å². The van der Waals surface area contributed by atoms with Gasteiger partial charge in [-0.25, -0.2) is 0 Å². The van der Waals surface area contributed by atoms with Gasteiger partial charge < -0.3 is 15.4 Å². The summed E-state index contributed by atoms with van der Waals surface area (Å²) in [4.78, 5) is 0. The second-order valence-corrected chi connectivity index (χ2v) is 6.05. The van der Waals surface area contributed by atoms with Crippen LogP contribution in [0.2, 0.25) is 0 Å².